The molecule has 3 N–H and O–H groups in total. The molecule has 0 aliphatic heterocycles. The highest BCUT2D eigenvalue weighted by atomic mass is 16.5. The highest BCUT2D eigenvalue weighted by Gasteiger charge is 2.20. The summed E-state index contributed by atoms with van der Waals surface area (Å²) in [7, 11) is 0. The molecule has 0 aromatic heterocycles. The Morgan fingerprint density at radius 3 is 1.13 bits per heavy atom. The molecule has 0 rings (SSSR count). The largest absolute Gasteiger partial charge is 0.466 e. The van der Waals surface area contributed by atoms with Gasteiger partial charge in [-0.2, -0.15) is 0 Å². The highest BCUT2D eigenvalue weighted by Crippen LogP contribution is 2.17. The molecule has 0 bridgehead atoms. The zero-order valence-corrected chi connectivity index (χ0v) is 42.6. The molecule has 1 amide bonds. The van der Waals surface area contributed by atoms with E-state index in [1.165, 1.54) is 238 Å². The Morgan fingerprint density at radius 2 is 0.746 bits per heavy atom. The average molecular weight is 891 g/mol. The number of rotatable bonds is 53. The molecule has 0 aromatic rings. The van der Waals surface area contributed by atoms with E-state index in [1.54, 1.807) is 0 Å². The average Bonchev–Trinajstić information content (AvgIpc) is 3.28. The molecule has 0 spiro atoms. The lowest BCUT2D eigenvalue weighted by Crippen LogP contribution is -2.45. The van der Waals surface area contributed by atoms with Crippen LogP contribution in [0.2, 0.25) is 0 Å². The number of unbranched alkanes of at least 4 members (excludes halogenated alkanes) is 40. The fourth-order valence-electron chi connectivity index (χ4n) is 8.93. The van der Waals surface area contributed by atoms with Gasteiger partial charge in [0.05, 0.1) is 25.4 Å². The molecule has 6 heteroatoms. The lowest BCUT2D eigenvalue weighted by molar-refractivity contribution is -0.143. The van der Waals surface area contributed by atoms with Crippen molar-refractivity contribution in [1.29, 1.82) is 0 Å². The molecule has 0 fully saturated rings. The summed E-state index contributed by atoms with van der Waals surface area (Å²) in [6, 6.07) is -0.543. The molecular formula is C57H111NO5. The van der Waals surface area contributed by atoms with Gasteiger partial charge in [-0.25, -0.2) is 0 Å². The van der Waals surface area contributed by atoms with Gasteiger partial charge in [0.1, 0.15) is 0 Å². The van der Waals surface area contributed by atoms with Gasteiger partial charge in [0.2, 0.25) is 5.91 Å². The standard InChI is InChI=1S/C57H111NO5/c1-3-5-7-9-11-13-15-17-18-24-27-31-35-39-43-47-51-57(62)63-52-48-44-40-36-32-28-25-22-20-19-21-23-26-30-34-38-42-46-50-56(61)58-54(53-59)55(60)49-45-41-37-33-29-16-14-12-10-8-6-4-2/h18,24,54-55,59-60H,3-17,19-23,25-53H2,1-2H3,(H,58,61)/b24-18-. The first kappa shape index (κ1) is 61.6. The zero-order chi connectivity index (χ0) is 45.8. The second-order valence-corrected chi connectivity index (χ2v) is 19.6. The summed E-state index contributed by atoms with van der Waals surface area (Å²) in [5.74, 6) is -0.0382. The van der Waals surface area contributed by atoms with Crippen LogP contribution in [0.5, 0.6) is 0 Å². The summed E-state index contributed by atoms with van der Waals surface area (Å²) in [5, 5.41) is 23.2. The number of nitrogens with one attached hydrogen (secondary N) is 1. The van der Waals surface area contributed by atoms with E-state index in [0.717, 1.165) is 44.9 Å². The predicted molar refractivity (Wildman–Crippen MR) is 273 cm³/mol. The van der Waals surface area contributed by atoms with Crippen molar-refractivity contribution < 1.29 is 24.5 Å². The molecule has 0 aromatic carbocycles. The predicted octanol–water partition coefficient (Wildman–Crippen LogP) is 17.3. The van der Waals surface area contributed by atoms with Gasteiger partial charge in [0, 0.05) is 12.8 Å². The first-order chi connectivity index (χ1) is 31.0. The molecule has 0 radical (unpaired) electrons. The van der Waals surface area contributed by atoms with Crippen molar-refractivity contribution in [1.82, 2.24) is 5.32 Å². The Kier molecular flexibility index (Phi) is 52.0. The van der Waals surface area contributed by atoms with Crippen molar-refractivity contribution in [3.05, 3.63) is 12.2 Å². The topological polar surface area (TPSA) is 95.9 Å². The number of aliphatic hydroxyl groups excluding tert-OH is 2. The molecular weight excluding hydrogens is 779 g/mol. The quantitative estimate of drug-likeness (QED) is 0.0321. The van der Waals surface area contributed by atoms with Crippen molar-refractivity contribution in [3.8, 4) is 0 Å². The van der Waals surface area contributed by atoms with Gasteiger partial charge in [-0.1, -0.05) is 264 Å². The number of esters is 1. The van der Waals surface area contributed by atoms with Crippen LogP contribution in [0, 0.1) is 0 Å². The van der Waals surface area contributed by atoms with Crippen LogP contribution < -0.4 is 5.32 Å². The Balaban J connectivity index is 3.39. The van der Waals surface area contributed by atoms with Gasteiger partial charge in [-0.15, -0.1) is 0 Å². The molecule has 2 atom stereocenters. The van der Waals surface area contributed by atoms with Crippen molar-refractivity contribution in [2.75, 3.05) is 13.2 Å². The maximum atomic E-state index is 12.4. The first-order valence-electron chi connectivity index (χ1n) is 28.4. The lowest BCUT2D eigenvalue weighted by Gasteiger charge is -2.22. The normalized spacial score (nSPS) is 12.6. The van der Waals surface area contributed by atoms with Gasteiger partial charge in [0.25, 0.3) is 0 Å². The van der Waals surface area contributed by atoms with E-state index in [4.69, 9.17) is 4.74 Å². The van der Waals surface area contributed by atoms with E-state index in [9.17, 15) is 19.8 Å². The minimum absolute atomic E-state index is 0.000342. The molecule has 374 valence electrons. The summed E-state index contributed by atoms with van der Waals surface area (Å²) in [4.78, 5) is 24.5. The second-order valence-electron chi connectivity index (χ2n) is 19.6. The second kappa shape index (κ2) is 53.2. The molecule has 63 heavy (non-hydrogen) atoms. The molecule has 0 aliphatic carbocycles. The number of carbonyl (C=O) groups excluding carboxylic acids is 2. The van der Waals surface area contributed by atoms with Gasteiger partial charge in [0.15, 0.2) is 0 Å². The van der Waals surface area contributed by atoms with Crippen molar-refractivity contribution >= 4 is 11.9 Å². The van der Waals surface area contributed by atoms with Gasteiger partial charge in [-0.05, 0) is 51.4 Å². The Labute approximate surface area is 393 Å². The van der Waals surface area contributed by atoms with Crippen LogP contribution in [0.15, 0.2) is 12.2 Å². The van der Waals surface area contributed by atoms with Crippen LogP contribution in [0.4, 0.5) is 0 Å². The highest BCUT2D eigenvalue weighted by molar-refractivity contribution is 5.76. The third-order valence-corrected chi connectivity index (χ3v) is 13.3. The van der Waals surface area contributed by atoms with Gasteiger partial charge < -0.3 is 20.3 Å². The third-order valence-electron chi connectivity index (χ3n) is 13.3. The van der Waals surface area contributed by atoms with Gasteiger partial charge >= 0.3 is 5.97 Å². The Morgan fingerprint density at radius 1 is 0.429 bits per heavy atom. The maximum Gasteiger partial charge on any atom is 0.305 e. The van der Waals surface area contributed by atoms with Crippen LogP contribution >= 0.6 is 0 Å². The van der Waals surface area contributed by atoms with E-state index >= 15 is 0 Å². The lowest BCUT2D eigenvalue weighted by atomic mass is 10.0. The van der Waals surface area contributed by atoms with Crippen molar-refractivity contribution in [2.45, 2.75) is 328 Å². The van der Waals surface area contributed by atoms with Crippen LogP contribution in [-0.2, 0) is 14.3 Å². The van der Waals surface area contributed by atoms with Crippen LogP contribution in [0.25, 0.3) is 0 Å². The number of allylic oxidation sites excluding steroid dienone is 2. The van der Waals surface area contributed by atoms with Crippen molar-refractivity contribution in [2.24, 2.45) is 0 Å². The van der Waals surface area contributed by atoms with E-state index in [1.807, 2.05) is 0 Å². The van der Waals surface area contributed by atoms with E-state index in [0.29, 0.717) is 25.9 Å². The summed E-state index contributed by atoms with van der Waals surface area (Å²) in [5.41, 5.74) is 0. The van der Waals surface area contributed by atoms with Crippen LogP contribution in [0.1, 0.15) is 316 Å². The number of amides is 1. The minimum atomic E-state index is -0.665. The molecule has 0 heterocycles. The summed E-state index contributed by atoms with van der Waals surface area (Å²) in [6.07, 6.45) is 62.0. The van der Waals surface area contributed by atoms with Crippen LogP contribution in [-0.4, -0.2) is 47.4 Å². The number of hydrogen-bond acceptors (Lipinski definition) is 5. The number of carbonyl (C=O) groups is 2. The first-order valence-corrected chi connectivity index (χ1v) is 28.4. The number of ether oxygens (including phenoxy) is 1. The molecule has 2 unspecified atom stereocenters. The zero-order valence-electron chi connectivity index (χ0n) is 42.6. The van der Waals surface area contributed by atoms with E-state index in [2.05, 4.69) is 31.3 Å². The van der Waals surface area contributed by atoms with E-state index < -0.39 is 12.1 Å². The fourth-order valence-corrected chi connectivity index (χ4v) is 8.93. The Hall–Kier alpha value is -1.40. The SMILES string of the molecule is CCCCCCCCC/C=C\CCCCCCCC(=O)OCCCCCCCCCCCCCCCCCCCCC(=O)NC(CO)C(O)CCCCCCCCCCCCCC. The third kappa shape index (κ3) is 49.9. The van der Waals surface area contributed by atoms with E-state index in [-0.39, 0.29) is 18.5 Å². The maximum absolute atomic E-state index is 12.4. The van der Waals surface area contributed by atoms with Crippen molar-refractivity contribution in [3.63, 3.8) is 0 Å². The molecule has 0 aliphatic rings. The smallest absolute Gasteiger partial charge is 0.305 e. The number of aliphatic hydroxyl groups is 2. The monoisotopic (exact) mass is 890 g/mol. The summed E-state index contributed by atoms with van der Waals surface area (Å²) >= 11 is 0. The van der Waals surface area contributed by atoms with Gasteiger partial charge in [-0.3, -0.25) is 9.59 Å². The molecule has 6 nitrogen and oxygen atoms in total. The molecule has 0 saturated heterocycles. The fraction of sp³-hybridized carbons (Fsp3) is 0.930. The van der Waals surface area contributed by atoms with Crippen LogP contribution in [0.3, 0.4) is 0 Å². The minimum Gasteiger partial charge on any atom is -0.466 e. The molecule has 0 saturated carbocycles. The number of hydrogen-bond donors (Lipinski definition) is 3. The summed E-state index contributed by atoms with van der Waals surface area (Å²) in [6.45, 7) is 4.95. The summed E-state index contributed by atoms with van der Waals surface area (Å²) < 4.78 is 5.48. The Bertz CT molecular complexity index is 939.